The molecule has 128 valence electrons. The number of aromatic nitrogens is 1. The highest BCUT2D eigenvalue weighted by molar-refractivity contribution is 5.99. The fourth-order valence-corrected chi connectivity index (χ4v) is 2.44. The Morgan fingerprint density at radius 1 is 0.962 bits per heavy atom. The third-order valence-corrected chi connectivity index (χ3v) is 3.69. The first-order valence-corrected chi connectivity index (χ1v) is 8.12. The molecule has 0 bridgehead atoms. The summed E-state index contributed by atoms with van der Waals surface area (Å²) in [6.45, 7) is 0.252. The number of benzene rings is 2. The van der Waals surface area contributed by atoms with Gasteiger partial charge in [0.15, 0.2) is 17.3 Å². The average molecular weight is 344 g/mol. The number of fused-ring (bicyclic) bond motifs is 1. The van der Waals surface area contributed by atoms with E-state index >= 15 is 0 Å². The molecule has 0 saturated carbocycles. The van der Waals surface area contributed by atoms with Crippen LogP contribution in [-0.2, 0) is 0 Å². The zero-order valence-corrected chi connectivity index (χ0v) is 13.9. The number of hydrazone groups is 1. The summed E-state index contributed by atoms with van der Waals surface area (Å²) < 4.78 is 10.7. The molecule has 6 heteroatoms. The number of pyridine rings is 1. The lowest BCUT2D eigenvalue weighted by molar-refractivity contribution is 0.174. The van der Waals surface area contributed by atoms with Crippen molar-refractivity contribution in [1.29, 1.82) is 0 Å². The van der Waals surface area contributed by atoms with E-state index < -0.39 is 0 Å². The SMILES string of the molecule is C(=NNC(=Nc1ccccc1)c1ccccn1)c1ccc2c(c1)OCO2. The highest BCUT2D eigenvalue weighted by Gasteiger charge is 2.12. The Morgan fingerprint density at radius 3 is 2.65 bits per heavy atom. The van der Waals surface area contributed by atoms with Crippen LogP contribution in [-0.4, -0.2) is 23.8 Å². The van der Waals surface area contributed by atoms with Crippen LogP contribution in [0, 0.1) is 0 Å². The minimum Gasteiger partial charge on any atom is -0.454 e. The van der Waals surface area contributed by atoms with Crippen LogP contribution in [0.1, 0.15) is 11.3 Å². The van der Waals surface area contributed by atoms with Crippen molar-refractivity contribution in [2.45, 2.75) is 0 Å². The smallest absolute Gasteiger partial charge is 0.231 e. The van der Waals surface area contributed by atoms with Crippen molar-refractivity contribution < 1.29 is 9.47 Å². The Morgan fingerprint density at radius 2 is 1.81 bits per heavy atom. The molecule has 2 heterocycles. The van der Waals surface area contributed by atoms with E-state index in [0.29, 0.717) is 11.5 Å². The van der Waals surface area contributed by atoms with E-state index in [1.54, 1.807) is 12.4 Å². The topological polar surface area (TPSA) is 68.1 Å². The standard InChI is InChI=1S/C20H16N4O2/c1-2-6-16(7-3-1)23-20(17-8-4-5-11-21-17)24-22-13-15-9-10-18-19(12-15)26-14-25-18/h1-13H,14H2,(H,23,24). The van der Waals surface area contributed by atoms with E-state index in [2.05, 4.69) is 20.5 Å². The number of rotatable bonds is 4. The number of hydrogen-bond acceptors (Lipinski definition) is 5. The average Bonchev–Trinajstić information content (AvgIpc) is 3.17. The minimum absolute atomic E-state index is 0.252. The molecule has 0 spiro atoms. The molecule has 0 amide bonds. The molecule has 6 nitrogen and oxygen atoms in total. The molecule has 2 aromatic carbocycles. The lowest BCUT2D eigenvalue weighted by Crippen LogP contribution is -2.20. The van der Waals surface area contributed by atoms with Crippen LogP contribution in [0.25, 0.3) is 0 Å². The van der Waals surface area contributed by atoms with Gasteiger partial charge in [-0.25, -0.2) is 4.99 Å². The van der Waals surface area contributed by atoms with Gasteiger partial charge in [0.2, 0.25) is 6.79 Å². The van der Waals surface area contributed by atoms with E-state index in [4.69, 9.17) is 9.47 Å². The maximum Gasteiger partial charge on any atom is 0.231 e. The first-order valence-electron chi connectivity index (χ1n) is 8.12. The van der Waals surface area contributed by atoms with Crippen molar-refractivity contribution in [3.8, 4) is 11.5 Å². The van der Waals surface area contributed by atoms with Crippen LogP contribution in [0.4, 0.5) is 5.69 Å². The minimum atomic E-state index is 0.252. The van der Waals surface area contributed by atoms with Crippen LogP contribution in [0.2, 0.25) is 0 Å². The van der Waals surface area contributed by atoms with E-state index in [1.165, 1.54) is 0 Å². The normalized spacial score (nSPS) is 13.2. The number of nitrogens with one attached hydrogen (secondary N) is 1. The number of para-hydroxylation sites is 1. The van der Waals surface area contributed by atoms with Crippen molar-refractivity contribution in [2.75, 3.05) is 6.79 Å². The molecule has 3 aromatic rings. The van der Waals surface area contributed by atoms with Gasteiger partial charge in [-0.1, -0.05) is 24.3 Å². The molecule has 0 fully saturated rings. The monoisotopic (exact) mass is 344 g/mol. The molecule has 1 aliphatic heterocycles. The summed E-state index contributed by atoms with van der Waals surface area (Å²) in [5, 5.41) is 4.30. The molecule has 26 heavy (non-hydrogen) atoms. The van der Waals surface area contributed by atoms with Crippen LogP contribution in [0.3, 0.4) is 0 Å². The second-order valence-corrected chi connectivity index (χ2v) is 5.49. The Labute approximate surface area is 150 Å². The van der Waals surface area contributed by atoms with Gasteiger partial charge >= 0.3 is 0 Å². The second kappa shape index (κ2) is 7.48. The van der Waals surface area contributed by atoms with Gasteiger partial charge in [-0.3, -0.25) is 10.4 Å². The van der Waals surface area contributed by atoms with Crippen molar-refractivity contribution in [3.05, 3.63) is 84.2 Å². The molecule has 0 aliphatic carbocycles. The van der Waals surface area contributed by atoms with Crippen LogP contribution < -0.4 is 14.9 Å². The van der Waals surface area contributed by atoms with Crippen LogP contribution in [0.15, 0.2) is 83.0 Å². The summed E-state index contributed by atoms with van der Waals surface area (Å²) in [5.41, 5.74) is 5.40. The van der Waals surface area contributed by atoms with Crippen molar-refractivity contribution in [1.82, 2.24) is 10.4 Å². The van der Waals surface area contributed by atoms with E-state index in [0.717, 1.165) is 22.7 Å². The van der Waals surface area contributed by atoms with Gasteiger partial charge in [0.05, 0.1) is 11.9 Å². The molecule has 1 N–H and O–H groups in total. The lowest BCUT2D eigenvalue weighted by atomic mass is 10.2. The van der Waals surface area contributed by atoms with Crippen molar-refractivity contribution >= 4 is 17.7 Å². The predicted molar refractivity (Wildman–Crippen MR) is 100 cm³/mol. The maximum atomic E-state index is 5.38. The Kier molecular flexibility index (Phi) is 4.56. The number of aliphatic imine (C=N–C) groups is 1. The molecule has 0 radical (unpaired) electrons. The molecule has 0 saturated heterocycles. The summed E-state index contributed by atoms with van der Waals surface area (Å²) in [6, 6.07) is 21.0. The largest absolute Gasteiger partial charge is 0.454 e. The highest BCUT2D eigenvalue weighted by Crippen LogP contribution is 2.31. The van der Waals surface area contributed by atoms with Gasteiger partial charge in [0.1, 0.15) is 5.69 Å². The number of nitrogens with zero attached hydrogens (tertiary/aromatic N) is 3. The second-order valence-electron chi connectivity index (χ2n) is 5.49. The third-order valence-electron chi connectivity index (χ3n) is 3.69. The zero-order chi connectivity index (χ0) is 17.6. The lowest BCUT2D eigenvalue weighted by Gasteiger charge is -2.05. The fourth-order valence-electron chi connectivity index (χ4n) is 2.44. The van der Waals surface area contributed by atoms with E-state index in [1.807, 2.05) is 66.7 Å². The number of amidine groups is 1. The summed E-state index contributed by atoms with van der Waals surface area (Å²) in [5.74, 6) is 2.03. The maximum absolute atomic E-state index is 5.38. The molecule has 1 aromatic heterocycles. The van der Waals surface area contributed by atoms with E-state index in [-0.39, 0.29) is 6.79 Å². The molecular weight excluding hydrogens is 328 g/mol. The summed E-state index contributed by atoms with van der Waals surface area (Å²) in [7, 11) is 0. The summed E-state index contributed by atoms with van der Waals surface area (Å²) >= 11 is 0. The first-order chi connectivity index (χ1) is 12.9. The molecule has 0 unspecified atom stereocenters. The molecule has 1 aliphatic rings. The summed E-state index contributed by atoms with van der Waals surface area (Å²) in [6.07, 6.45) is 3.42. The van der Waals surface area contributed by atoms with Crippen LogP contribution >= 0.6 is 0 Å². The van der Waals surface area contributed by atoms with Gasteiger partial charge in [-0.05, 0) is 48.0 Å². The fraction of sp³-hybridized carbons (Fsp3) is 0.0500. The van der Waals surface area contributed by atoms with Gasteiger partial charge in [-0.15, -0.1) is 0 Å². The van der Waals surface area contributed by atoms with Crippen molar-refractivity contribution in [2.24, 2.45) is 10.1 Å². The molecular formula is C20H16N4O2. The first kappa shape index (κ1) is 15.8. The van der Waals surface area contributed by atoms with Gasteiger partial charge in [0.25, 0.3) is 0 Å². The van der Waals surface area contributed by atoms with E-state index in [9.17, 15) is 0 Å². The Hall–Kier alpha value is -3.67. The van der Waals surface area contributed by atoms with Gasteiger partial charge < -0.3 is 9.47 Å². The third kappa shape index (κ3) is 3.70. The quantitative estimate of drug-likeness (QED) is 0.447. The predicted octanol–water partition coefficient (Wildman–Crippen LogP) is 3.51. The Balaban J connectivity index is 1.56. The molecule has 0 atom stereocenters. The van der Waals surface area contributed by atoms with Gasteiger partial charge in [-0.2, -0.15) is 5.10 Å². The Bertz CT molecular complexity index is 941. The number of hydrogen-bond donors (Lipinski definition) is 1. The summed E-state index contributed by atoms with van der Waals surface area (Å²) in [4.78, 5) is 8.95. The molecule has 4 rings (SSSR count). The van der Waals surface area contributed by atoms with Crippen LogP contribution in [0.5, 0.6) is 11.5 Å². The number of ether oxygens (including phenoxy) is 2. The zero-order valence-electron chi connectivity index (χ0n) is 13.9. The van der Waals surface area contributed by atoms with Crippen molar-refractivity contribution in [3.63, 3.8) is 0 Å². The highest BCUT2D eigenvalue weighted by atomic mass is 16.7. The van der Waals surface area contributed by atoms with Gasteiger partial charge in [0, 0.05) is 6.20 Å².